The van der Waals surface area contributed by atoms with E-state index in [0.717, 1.165) is 14.2 Å². The molecule has 0 atom stereocenters. The average molecular weight is 684 g/mol. The molecule has 0 aromatic heterocycles. The summed E-state index contributed by atoms with van der Waals surface area (Å²) < 4.78 is 149. The first-order chi connectivity index (χ1) is 18.8. The summed E-state index contributed by atoms with van der Waals surface area (Å²) in [5, 5.41) is 0. The van der Waals surface area contributed by atoms with Crippen LogP contribution in [0.1, 0.15) is 63.8 Å². The maximum atomic E-state index is 14.8. The second-order valence-electron chi connectivity index (χ2n) is 10.8. The van der Waals surface area contributed by atoms with Crippen molar-refractivity contribution in [3.8, 4) is 0 Å². The van der Waals surface area contributed by atoms with Crippen molar-refractivity contribution in [1.82, 2.24) is 0 Å². The fourth-order valence-electron chi connectivity index (χ4n) is 3.49. The van der Waals surface area contributed by atoms with E-state index in [1.807, 2.05) is 0 Å². The first-order valence-electron chi connectivity index (χ1n) is 12.1. The molecule has 232 valence electrons. The number of hydrogen-bond acceptors (Lipinski definition) is 6. The summed E-state index contributed by atoms with van der Waals surface area (Å²) in [7, 11) is 2.13. The number of benzene rings is 2. The van der Waals surface area contributed by atoms with Crippen LogP contribution in [0.5, 0.6) is 0 Å². The zero-order chi connectivity index (χ0) is 31.5. The van der Waals surface area contributed by atoms with Crippen LogP contribution in [-0.4, -0.2) is 25.4 Å². The van der Waals surface area contributed by atoms with E-state index in [-0.39, 0.29) is 0 Å². The molecule has 0 heterocycles. The van der Waals surface area contributed by atoms with Gasteiger partial charge in [-0.1, -0.05) is 0 Å². The molecule has 41 heavy (non-hydrogen) atoms. The summed E-state index contributed by atoms with van der Waals surface area (Å²) in [5.74, 6) is -14.1. The number of halogens is 8. The van der Waals surface area contributed by atoms with Gasteiger partial charge in [-0.25, -0.2) is 0 Å². The monoisotopic (exact) mass is 682 g/mol. The van der Waals surface area contributed by atoms with Gasteiger partial charge in [0, 0.05) is 0 Å². The van der Waals surface area contributed by atoms with Gasteiger partial charge in [0.15, 0.2) is 0 Å². The molecule has 0 aliphatic heterocycles. The molecule has 0 unspecified atom stereocenters. The van der Waals surface area contributed by atoms with Crippen molar-refractivity contribution < 1.29 is 77.9 Å². The normalized spacial score (nSPS) is 12.9. The van der Waals surface area contributed by atoms with E-state index >= 15 is 0 Å². The summed E-state index contributed by atoms with van der Waals surface area (Å²) >= 11 is -5.86. The molecule has 2 aromatic carbocycles. The second kappa shape index (κ2) is 13.9. The minimum absolute atomic E-state index is 0.771. The van der Waals surface area contributed by atoms with E-state index in [1.165, 1.54) is 41.5 Å². The molecule has 2 aromatic rings. The van der Waals surface area contributed by atoms with E-state index in [2.05, 4.69) is 9.47 Å². The zero-order valence-electron chi connectivity index (χ0n) is 23.8. The average Bonchev–Trinajstić information content (AvgIpc) is 2.84. The Balaban J connectivity index is 2.61. The number of ether oxygens (including phenoxy) is 2. The molecule has 0 saturated carbocycles. The predicted octanol–water partition coefficient (Wildman–Crippen LogP) is 7.27. The fraction of sp³-hybridized carbons (Fsp3) is 0.538. The van der Waals surface area contributed by atoms with Crippen molar-refractivity contribution in [2.75, 3.05) is 14.2 Å². The fourth-order valence-corrected chi connectivity index (χ4v) is 9.64. The van der Waals surface area contributed by atoms with Crippen LogP contribution in [0.3, 0.4) is 0 Å². The molecule has 0 spiro atoms. The Morgan fingerprint density at radius 1 is 0.439 bits per heavy atom. The quantitative estimate of drug-likeness (QED) is 0.173. The summed E-state index contributed by atoms with van der Waals surface area (Å²) in [6, 6.07) is 0. The van der Waals surface area contributed by atoms with Crippen LogP contribution >= 0.6 is 0 Å². The summed E-state index contributed by atoms with van der Waals surface area (Å²) in [6.07, 6.45) is 0. The van der Waals surface area contributed by atoms with Crippen LogP contribution in [0.4, 0.5) is 35.1 Å². The van der Waals surface area contributed by atoms with Crippen LogP contribution in [0.15, 0.2) is 0 Å². The Labute approximate surface area is 239 Å². The zero-order valence-corrected chi connectivity index (χ0v) is 26.3. The molecule has 0 radical (unpaired) electrons. The number of hydrogen-bond donors (Lipinski definition) is 0. The standard InChI is InChI=1S/2C9H7F4O2.2C4H9O.Zr/c2*1-15-3-5-8(12)6(10)4(2-14)7(11)9(5)13;2*1-4(2,3)5;/h2*2-3H2,1H3;2*1-3H3;/q4*-1;+4. The molecule has 0 N–H and O–H groups in total. The molecule has 0 saturated heterocycles. The number of methoxy groups -OCH3 is 2. The van der Waals surface area contributed by atoms with E-state index < -0.39 is 128 Å². The van der Waals surface area contributed by atoms with Crippen LogP contribution in [-0.2, 0) is 69.2 Å². The van der Waals surface area contributed by atoms with Crippen molar-refractivity contribution in [2.45, 2.75) is 79.2 Å². The van der Waals surface area contributed by atoms with Gasteiger partial charge in [0.25, 0.3) is 0 Å². The Morgan fingerprint density at radius 3 is 0.854 bits per heavy atom. The predicted molar refractivity (Wildman–Crippen MR) is 125 cm³/mol. The van der Waals surface area contributed by atoms with Gasteiger partial charge in [0.1, 0.15) is 0 Å². The van der Waals surface area contributed by atoms with Crippen LogP contribution in [0.25, 0.3) is 0 Å². The van der Waals surface area contributed by atoms with Gasteiger partial charge in [-0.3, -0.25) is 0 Å². The van der Waals surface area contributed by atoms with Crippen LogP contribution in [0.2, 0.25) is 0 Å². The molecule has 2 rings (SSSR count). The summed E-state index contributed by atoms with van der Waals surface area (Å²) in [4.78, 5) is 0. The van der Waals surface area contributed by atoms with Crippen molar-refractivity contribution in [2.24, 2.45) is 0 Å². The topological polar surface area (TPSA) is 55.4 Å². The third-order valence-corrected chi connectivity index (χ3v) is 11.8. The molecule has 6 nitrogen and oxygen atoms in total. The van der Waals surface area contributed by atoms with E-state index in [9.17, 15) is 35.1 Å². The van der Waals surface area contributed by atoms with Crippen LogP contribution in [0, 0.1) is 46.5 Å². The van der Waals surface area contributed by atoms with Crippen LogP contribution < -0.4 is 0 Å². The van der Waals surface area contributed by atoms with Crippen molar-refractivity contribution in [3.05, 3.63) is 68.8 Å². The van der Waals surface area contributed by atoms with Gasteiger partial charge in [-0.05, 0) is 0 Å². The minimum atomic E-state index is -5.86. The molecule has 0 aliphatic rings. The molecule has 0 aliphatic carbocycles. The molecule has 0 bridgehead atoms. The molecule has 0 fully saturated rings. The Bertz CT molecular complexity index is 1090. The van der Waals surface area contributed by atoms with Crippen molar-refractivity contribution in [1.29, 1.82) is 0 Å². The third-order valence-electron chi connectivity index (χ3n) is 5.12. The third kappa shape index (κ3) is 8.78. The Kier molecular flexibility index (Phi) is 12.1. The molecular weight excluding hydrogens is 651 g/mol. The van der Waals surface area contributed by atoms with Gasteiger partial charge in [-0.15, -0.1) is 0 Å². The van der Waals surface area contributed by atoms with E-state index in [0.29, 0.717) is 0 Å². The van der Waals surface area contributed by atoms with Crippen molar-refractivity contribution >= 4 is 0 Å². The van der Waals surface area contributed by atoms with Crippen molar-refractivity contribution in [3.63, 3.8) is 0 Å². The first kappa shape index (κ1) is 35.7. The number of rotatable bonds is 12. The molecule has 0 amide bonds. The van der Waals surface area contributed by atoms with Gasteiger partial charge in [-0.2, -0.15) is 0 Å². The Hall–Kier alpha value is -1.48. The van der Waals surface area contributed by atoms with Gasteiger partial charge in [0.2, 0.25) is 0 Å². The van der Waals surface area contributed by atoms with E-state index in [1.54, 1.807) is 0 Å². The van der Waals surface area contributed by atoms with Gasteiger partial charge < -0.3 is 0 Å². The second-order valence-corrected chi connectivity index (χ2v) is 15.7. The van der Waals surface area contributed by atoms with E-state index in [4.69, 9.17) is 11.3 Å². The first-order valence-corrected chi connectivity index (χ1v) is 16.1. The van der Waals surface area contributed by atoms with Gasteiger partial charge in [0.05, 0.1) is 0 Å². The molecule has 15 heteroatoms. The van der Waals surface area contributed by atoms with Gasteiger partial charge >= 0.3 is 240 Å². The molecular formula is C26H32F8O6Zr. The summed E-state index contributed by atoms with van der Waals surface area (Å²) in [6.45, 7) is 5.03. The maximum absolute atomic E-state index is 14.8. The Morgan fingerprint density at radius 2 is 0.659 bits per heavy atom. The SMILES string of the molecule is COCc1c(F)c(F)c(C[O][Zr]([O]Cc2c(F)c(F)c(COC)c(F)c2F)([O]C(C)(C)C)[O]C(C)(C)C)c(F)c1F. The summed E-state index contributed by atoms with van der Waals surface area (Å²) in [5.41, 5.74) is -6.77.